The van der Waals surface area contributed by atoms with Crippen molar-refractivity contribution < 1.29 is 13.2 Å². The Balaban J connectivity index is 1.37. The summed E-state index contributed by atoms with van der Waals surface area (Å²) in [5.41, 5.74) is 1.39. The second-order valence-electron chi connectivity index (χ2n) is 8.41. The second kappa shape index (κ2) is 9.29. The topological polar surface area (TPSA) is 45.2 Å². The van der Waals surface area contributed by atoms with E-state index in [0.717, 1.165) is 47.5 Å². The molecule has 1 aliphatic rings. The van der Waals surface area contributed by atoms with Crippen molar-refractivity contribution in [2.45, 2.75) is 19.0 Å². The lowest BCUT2D eigenvalue weighted by atomic mass is 10.0. The summed E-state index contributed by atoms with van der Waals surface area (Å²) in [6.45, 7) is 2.82. The van der Waals surface area contributed by atoms with Crippen LogP contribution in [-0.4, -0.2) is 41.4 Å². The lowest BCUT2D eigenvalue weighted by molar-refractivity contribution is -0.137. The Kier molecular flexibility index (Phi) is 6.04. The van der Waals surface area contributed by atoms with Gasteiger partial charge in [0.1, 0.15) is 5.82 Å². The lowest BCUT2D eigenvalue weighted by Gasteiger charge is -2.24. The highest BCUT2D eigenvalue weighted by molar-refractivity contribution is 5.93. The first-order valence-electron chi connectivity index (χ1n) is 11.3. The maximum Gasteiger partial charge on any atom is 0.417 e. The molecule has 0 atom stereocenters. The molecule has 4 aromatic rings. The molecule has 34 heavy (non-hydrogen) atoms. The first-order chi connectivity index (χ1) is 16.5. The summed E-state index contributed by atoms with van der Waals surface area (Å²) >= 11 is 0. The molecule has 0 unspecified atom stereocenters. The zero-order valence-corrected chi connectivity index (χ0v) is 18.5. The minimum atomic E-state index is -4.38. The molecule has 0 aliphatic carbocycles. The fourth-order valence-corrected chi connectivity index (χ4v) is 4.40. The summed E-state index contributed by atoms with van der Waals surface area (Å²) in [6, 6.07) is 20.9. The molecule has 0 spiro atoms. The molecule has 8 heteroatoms. The number of pyridine rings is 1. The maximum atomic E-state index is 12.9. The van der Waals surface area contributed by atoms with Crippen molar-refractivity contribution in [3.63, 3.8) is 0 Å². The van der Waals surface area contributed by atoms with Crippen molar-refractivity contribution in [2.24, 2.45) is 0 Å². The summed E-state index contributed by atoms with van der Waals surface area (Å²) in [5.74, 6) is 1.40. The number of halogens is 3. The maximum absolute atomic E-state index is 12.9. The van der Waals surface area contributed by atoms with Gasteiger partial charge in [0.05, 0.1) is 11.3 Å². The van der Waals surface area contributed by atoms with E-state index in [1.807, 2.05) is 35.2 Å². The highest BCUT2D eigenvalue weighted by Crippen LogP contribution is 2.30. The van der Waals surface area contributed by atoms with Crippen LogP contribution in [0, 0.1) is 0 Å². The fraction of sp³-hybridized carbons (Fsp3) is 0.269. The van der Waals surface area contributed by atoms with Crippen LogP contribution < -0.4 is 9.80 Å². The molecule has 0 amide bonds. The largest absolute Gasteiger partial charge is 0.417 e. The number of benzene rings is 2. The molecule has 2 aromatic carbocycles. The third-order valence-electron chi connectivity index (χ3n) is 6.15. The molecular weight excluding hydrogens is 439 g/mol. The van der Waals surface area contributed by atoms with Gasteiger partial charge in [-0.1, -0.05) is 54.6 Å². The summed E-state index contributed by atoms with van der Waals surface area (Å²) < 4.78 is 38.6. The number of rotatable bonds is 4. The normalized spacial score (nSPS) is 14.9. The van der Waals surface area contributed by atoms with Crippen LogP contribution in [0.25, 0.3) is 10.8 Å². The van der Waals surface area contributed by atoms with Gasteiger partial charge in [-0.3, -0.25) is 0 Å². The van der Waals surface area contributed by atoms with Gasteiger partial charge in [0, 0.05) is 49.6 Å². The number of hydrogen-bond acceptors (Lipinski definition) is 5. The van der Waals surface area contributed by atoms with E-state index >= 15 is 0 Å². The standard InChI is InChI=1S/C26H24F3N5/c27-26(28,29)20-11-12-24(30-18-20)33-13-6-14-34(16-15-33)25-22-10-5-4-9-21(22)23(31-32-25)17-19-7-2-1-3-8-19/h1-5,7-12,18H,6,13-17H2. The van der Waals surface area contributed by atoms with Crippen LogP contribution in [0.15, 0.2) is 72.9 Å². The number of anilines is 2. The highest BCUT2D eigenvalue weighted by atomic mass is 19.4. The number of alkyl halides is 3. The molecule has 5 nitrogen and oxygen atoms in total. The first kappa shape index (κ1) is 22.1. The minimum Gasteiger partial charge on any atom is -0.355 e. The van der Waals surface area contributed by atoms with E-state index in [9.17, 15) is 13.2 Å². The summed E-state index contributed by atoms with van der Waals surface area (Å²) in [7, 11) is 0. The summed E-state index contributed by atoms with van der Waals surface area (Å²) in [4.78, 5) is 8.31. The number of aromatic nitrogens is 3. The van der Waals surface area contributed by atoms with Crippen LogP contribution >= 0.6 is 0 Å². The van der Waals surface area contributed by atoms with Gasteiger partial charge in [0.25, 0.3) is 0 Å². The monoisotopic (exact) mass is 463 g/mol. The molecular formula is C26H24F3N5. The van der Waals surface area contributed by atoms with E-state index in [2.05, 4.69) is 44.3 Å². The van der Waals surface area contributed by atoms with Crippen LogP contribution in [0.5, 0.6) is 0 Å². The zero-order valence-electron chi connectivity index (χ0n) is 18.5. The SMILES string of the molecule is FC(F)(F)c1ccc(N2CCCN(c3nnc(Cc4ccccc4)c4ccccc34)CC2)nc1. The molecule has 1 aliphatic heterocycles. The third kappa shape index (κ3) is 4.66. The van der Waals surface area contributed by atoms with Crippen LogP contribution in [-0.2, 0) is 12.6 Å². The van der Waals surface area contributed by atoms with Crippen molar-refractivity contribution >= 4 is 22.4 Å². The van der Waals surface area contributed by atoms with Gasteiger partial charge in [-0.2, -0.15) is 18.3 Å². The fourth-order valence-electron chi connectivity index (χ4n) is 4.40. The molecule has 1 fully saturated rings. The first-order valence-corrected chi connectivity index (χ1v) is 11.3. The Hall–Kier alpha value is -3.68. The minimum absolute atomic E-state index is 0.559. The average Bonchev–Trinajstić information content (AvgIpc) is 3.11. The van der Waals surface area contributed by atoms with Crippen molar-refractivity contribution in [2.75, 3.05) is 36.0 Å². The third-order valence-corrected chi connectivity index (χ3v) is 6.15. The van der Waals surface area contributed by atoms with Gasteiger partial charge in [-0.15, -0.1) is 5.10 Å². The van der Waals surface area contributed by atoms with Gasteiger partial charge in [0.2, 0.25) is 0 Å². The Morgan fingerprint density at radius 2 is 1.44 bits per heavy atom. The van der Waals surface area contributed by atoms with Crippen molar-refractivity contribution in [1.82, 2.24) is 15.2 Å². The van der Waals surface area contributed by atoms with Crippen molar-refractivity contribution in [3.8, 4) is 0 Å². The van der Waals surface area contributed by atoms with Gasteiger partial charge >= 0.3 is 6.18 Å². The molecule has 2 aromatic heterocycles. The average molecular weight is 464 g/mol. The molecule has 0 saturated carbocycles. The number of nitrogens with zero attached hydrogens (tertiary/aromatic N) is 5. The van der Waals surface area contributed by atoms with Gasteiger partial charge < -0.3 is 9.80 Å². The van der Waals surface area contributed by atoms with Crippen molar-refractivity contribution in [1.29, 1.82) is 0 Å². The molecule has 1 saturated heterocycles. The van der Waals surface area contributed by atoms with Crippen LogP contribution in [0.4, 0.5) is 24.8 Å². The zero-order chi connectivity index (χ0) is 23.5. The van der Waals surface area contributed by atoms with Gasteiger partial charge in [-0.25, -0.2) is 4.98 Å². The Morgan fingerprint density at radius 3 is 2.18 bits per heavy atom. The van der Waals surface area contributed by atoms with Crippen LogP contribution in [0.1, 0.15) is 23.2 Å². The molecule has 174 valence electrons. The molecule has 0 bridgehead atoms. The molecule has 3 heterocycles. The van der Waals surface area contributed by atoms with E-state index < -0.39 is 11.7 Å². The van der Waals surface area contributed by atoms with E-state index in [-0.39, 0.29) is 0 Å². The van der Waals surface area contributed by atoms with Crippen LogP contribution in [0.3, 0.4) is 0 Å². The molecule has 0 radical (unpaired) electrons. The number of hydrogen-bond donors (Lipinski definition) is 0. The van der Waals surface area contributed by atoms with Crippen molar-refractivity contribution in [3.05, 3.63) is 89.7 Å². The Bertz CT molecular complexity index is 1260. The second-order valence-corrected chi connectivity index (χ2v) is 8.41. The smallest absolute Gasteiger partial charge is 0.355 e. The lowest BCUT2D eigenvalue weighted by Crippen LogP contribution is -2.32. The van der Waals surface area contributed by atoms with Gasteiger partial charge in [0.15, 0.2) is 5.82 Å². The Morgan fingerprint density at radius 1 is 0.735 bits per heavy atom. The Labute approximate surface area is 195 Å². The van der Waals surface area contributed by atoms with E-state index in [1.165, 1.54) is 11.6 Å². The van der Waals surface area contributed by atoms with E-state index in [0.29, 0.717) is 31.9 Å². The predicted octanol–water partition coefficient (Wildman–Crippen LogP) is 5.35. The van der Waals surface area contributed by atoms with E-state index in [4.69, 9.17) is 0 Å². The summed E-state index contributed by atoms with van der Waals surface area (Å²) in [6.07, 6.45) is -1.93. The predicted molar refractivity (Wildman–Crippen MR) is 127 cm³/mol. The molecule has 5 rings (SSSR count). The van der Waals surface area contributed by atoms with Crippen LogP contribution in [0.2, 0.25) is 0 Å². The van der Waals surface area contributed by atoms with E-state index in [1.54, 1.807) is 0 Å². The highest BCUT2D eigenvalue weighted by Gasteiger charge is 2.31. The molecule has 0 N–H and O–H groups in total. The van der Waals surface area contributed by atoms with Gasteiger partial charge in [-0.05, 0) is 24.1 Å². The summed E-state index contributed by atoms with van der Waals surface area (Å²) in [5, 5.41) is 11.4. The number of fused-ring (bicyclic) bond motifs is 1. The quantitative estimate of drug-likeness (QED) is 0.408.